The van der Waals surface area contributed by atoms with Gasteiger partial charge in [-0.15, -0.1) is 0 Å². The molecule has 0 spiro atoms. The first-order chi connectivity index (χ1) is 12.5. The van der Waals surface area contributed by atoms with Crippen LogP contribution in [0.5, 0.6) is 0 Å². The van der Waals surface area contributed by atoms with Gasteiger partial charge in [0.2, 0.25) is 15.9 Å². The Hall–Kier alpha value is -1.93. The zero-order chi connectivity index (χ0) is 20.2. The highest BCUT2D eigenvalue weighted by atomic mass is 32.2. The van der Waals surface area contributed by atoms with E-state index in [1.807, 2.05) is 20.8 Å². The molecule has 0 aliphatic carbocycles. The van der Waals surface area contributed by atoms with Crippen molar-refractivity contribution in [3.05, 3.63) is 29.8 Å². The van der Waals surface area contributed by atoms with Gasteiger partial charge in [0.05, 0.1) is 22.9 Å². The molecule has 2 amide bonds. The Bertz CT molecular complexity index is 799. The van der Waals surface area contributed by atoms with Crippen molar-refractivity contribution in [1.29, 1.82) is 0 Å². The molecule has 1 saturated heterocycles. The standard InChI is InChI=1S/C19H29N3O4S/c1-5-27(25,26)22-12-8-9-14(13-22)17(23)20-16-11-7-6-10-15(16)18(24)21-19(2,3)4/h6-7,10-11,14H,5,8-9,12-13H2,1-4H3,(H,20,23)(H,21,24)/t14-/m1/s1. The predicted molar refractivity (Wildman–Crippen MR) is 106 cm³/mol. The largest absolute Gasteiger partial charge is 0.347 e. The lowest BCUT2D eigenvalue weighted by Gasteiger charge is -2.31. The molecule has 27 heavy (non-hydrogen) atoms. The van der Waals surface area contributed by atoms with E-state index in [-0.39, 0.29) is 24.1 Å². The molecular formula is C19H29N3O4S. The van der Waals surface area contributed by atoms with Crippen LogP contribution in [0.15, 0.2) is 24.3 Å². The number of nitrogens with one attached hydrogen (secondary N) is 2. The van der Waals surface area contributed by atoms with E-state index >= 15 is 0 Å². The van der Waals surface area contributed by atoms with Gasteiger partial charge < -0.3 is 10.6 Å². The first kappa shape index (κ1) is 21.4. The van der Waals surface area contributed by atoms with Gasteiger partial charge in [0.25, 0.3) is 5.91 Å². The second-order valence-corrected chi connectivity index (χ2v) is 10.1. The first-order valence-electron chi connectivity index (χ1n) is 9.23. The van der Waals surface area contributed by atoms with E-state index in [0.717, 1.165) is 0 Å². The average Bonchev–Trinajstić information content (AvgIpc) is 2.60. The molecule has 8 heteroatoms. The number of piperidine rings is 1. The van der Waals surface area contributed by atoms with Crippen LogP contribution in [0.25, 0.3) is 0 Å². The summed E-state index contributed by atoms with van der Waals surface area (Å²) in [5, 5.41) is 5.70. The monoisotopic (exact) mass is 395 g/mol. The average molecular weight is 396 g/mol. The lowest BCUT2D eigenvalue weighted by atomic mass is 9.98. The molecule has 150 valence electrons. The van der Waals surface area contributed by atoms with E-state index in [1.165, 1.54) is 4.31 Å². The summed E-state index contributed by atoms with van der Waals surface area (Å²) < 4.78 is 25.6. The van der Waals surface area contributed by atoms with E-state index in [9.17, 15) is 18.0 Å². The van der Waals surface area contributed by atoms with Crippen LogP contribution >= 0.6 is 0 Å². The fraction of sp³-hybridized carbons (Fsp3) is 0.579. The minimum absolute atomic E-state index is 0.0249. The maximum absolute atomic E-state index is 12.7. The van der Waals surface area contributed by atoms with Gasteiger partial charge in [-0.2, -0.15) is 0 Å². The number of carbonyl (C=O) groups is 2. The summed E-state index contributed by atoms with van der Waals surface area (Å²) in [7, 11) is -3.31. The van der Waals surface area contributed by atoms with Crippen molar-refractivity contribution in [3.63, 3.8) is 0 Å². The molecule has 0 radical (unpaired) electrons. The van der Waals surface area contributed by atoms with Gasteiger partial charge in [-0.1, -0.05) is 12.1 Å². The Labute approximate surface area is 161 Å². The molecule has 0 saturated carbocycles. The maximum atomic E-state index is 12.7. The van der Waals surface area contributed by atoms with E-state index in [0.29, 0.717) is 30.6 Å². The van der Waals surface area contributed by atoms with Crippen molar-refractivity contribution in [2.75, 3.05) is 24.2 Å². The maximum Gasteiger partial charge on any atom is 0.253 e. The number of hydrogen-bond acceptors (Lipinski definition) is 4. The highest BCUT2D eigenvalue weighted by Gasteiger charge is 2.32. The van der Waals surface area contributed by atoms with Crippen LogP contribution in [0.3, 0.4) is 0 Å². The summed E-state index contributed by atoms with van der Waals surface area (Å²) in [5.74, 6) is -0.935. The minimum atomic E-state index is -3.31. The van der Waals surface area contributed by atoms with Crippen LogP contribution in [-0.4, -0.2) is 48.9 Å². The van der Waals surface area contributed by atoms with Crippen molar-refractivity contribution < 1.29 is 18.0 Å². The molecule has 2 N–H and O–H groups in total. The van der Waals surface area contributed by atoms with E-state index in [2.05, 4.69) is 10.6 Å². The van der Waals surface area contributed by atoms with Crippen LogP contribution in [-0.2, 0) is 14.8 Å². The number of carbonyl (C=O) groups excluding carboxylic acids is 2. The summed E-state index contributed by atoms with van der Waals surface area (Å²) in [6.07, 6.45) is 1.27. The number of sulfonamides is 1. The Kier molecular flexibility index (Phi) is 6.64. The lowest BCUT2D eigenvalue weighted by Crippen LogP contribution is -2.44. The van der Waals surface area contributed by atoms with Gasteiger partial charge in [0.1, 0.15) is 0 Å². The second kappa shape index (κ2) is 8.39. The second-order valence-electron chi connectivity index (χ2n) is 7.84. The summed E-state index contributed by atoms with van der Waals surface area (Å²) in [6, 6.07) is 6.83. The quantitative estimate of drug-likeness (QED) is 0.799. The zero-order valence-corrected chi connectivity index (χ0v) is 17.2. The Balaban J connectivity index is 2.13. The Morgan fingerprint density at radius 2 is 1.89 bits per heavy atom. The molecule has 1 heterocycles. The van der Waals surface area contributed by atoms with Crippen molar-refractivity contribution in [2.45, 2.75) is 46.1 Å². The van der Waals surface area contributed by atoms with Crippen LogP contribution < -0.4 is 10.6 Å². The Morgan fingerprint density at radius 1 is 1.22 bits per heavy atom. The fourth-order valence-corrected chi connectivity index (χ4v) is 4.20. The van der Waals surface area contributed by atoms with Crippen LogP contribution in [0, 0.1) is 5.92 Å². The molecule has 0 unspecified atom stereocenters. The van der Waals surface area contributed by atoms with Crippen molar-refractivity contribution >= 4 is 27.5 Å². The van der Waals surface area contributed by atoms with Crippen molar-refractivity contribution in [2.24, 2.45) is 5.92 Å². The molecule has 1 fully saturated rings. The molecule has 7 nitrogen and oxygen atoms in total. The normalized spacial score (nSPS) is 18.7. The molecule has 2 rings (SSSR count). The molecule has 1 atom stereocenters. The first-order valence-corrected chi connectivity index (χ1v) is 10.8. The molecule has 1 aromatic carbocycles. The number of amides is 2. The van der Waals surface area contributed by atoms with Crippen molar-refractivity contribution in [1.82, 2.24) is 9.62 Å². The fourth-order valence-electron chi connectivity index (χ4n) is 3.02. The lowest BCUT2D eigenvalue weighted by molar-refractivity contribution is -0.120. The number of rotatable bonds is 5. The van der Waals surface area contributed by atoms with Crippen molar-refractivity contribution in [3.8, 4) is 0 Å². The predicted octanol–water partition coefficient (Wildman–Crippen LogP) is 2.22. The summed E-state index contributed by atoms with van der Waals surface area (Å²) in [4.78, 5) is 25.2. The minimum Gasteiger partial charge on any atom is -0.347 e. The van der Waals surface area contributed by atoms with Crippen LogP contribution in [0.2, 0.25) is 0 Å². The molecular weight excluding hydrogens is 366 g/mol. The number of hydrogen-bond donors (Lipinski definition) is 2. The van der Waals surface area contributed by atoms with E-state index < -0.39 is 21.5 Å². The van der Waals surface area contributed by atoms with Gasteiger partial charge in [-0.3, -0.25) is 9.59 Å². The number of para-hydroxylation sites is 1. The summed E-state index contributed by atoms with van der Waals surface area (Å²) in [6.45, 7) is 7.89. The molecule has 0 bridgehead atoms. The van der Waals surface area contributed by atoms with E-state index in [4.69, 9.17) is 0 Å². The molecule has 0 aromatic heterocycles. The molecule has 1 aliphatic rings. The Morgan fingerprint density at radius 3 is 2.52 bits per heavy atom. The van der Waals surface area contributed by atoms with Gasteiger partial charge in [-0.25, -0.2) is 12.7 Å². The van der Waals surface area contributed by atoms with Gasteiger partial charge >= 0.3 is 0 Å². The number of nitrogens with zero attached hydrogens (tertiary/aromatic N) is 1. The summed E-state index contributed by atoms with van der Waals surface area (Å²) >= 11 is 0. The SMILES string of the molecule is CCS(=O)(=O)N1CCC[C@@H](C(=O)Nc2ccccc2C(=O)NC(C)(C)C)C1. The molecule has 1 aromatic rings. The zero-order valence-electron chi connectivity index (χ0n) is 16.4. The highest BCUT2D eigenvalue weighted by Crippen LogP contribution is 2.23. The van der Waals surface area contributed by atoms with Crippen LogP contribution in [0.1, 0.15) is 50.9 Å². The van der Waals surface area contributed by atoms with Gasteiger partial charge in [0.15, 0.2) is 0 Å². The summed E-state index contributed by atoms with van der Waals surface area (Å²) in [5.41, 5.74) is 0.418. The smallest absolute Gasteiger partial charge is 0.253 e. The third kappa shape index (κ3) is 5.77. The van der Waals surface area contributed by atoms with Gasteiger partial charge in [-0.05, 0) is 52.7 Å². The third-order valence-electron chi connectivity index (χ3n) is 4.43. The topological polar surface area (TPSA) is 95.6 Å². The number of anilines is 1. The highest BCUT2D eigenvalue weighted by molar-refractivity contribution is 7.89. The van der Waals surface area contributed by atoms with Crippen LogP contribution in [0.4, 0.5) is 5.69 Å². The molecule has 1 aliphatic heterocycles. The third-order valence-corrected chi connectivity index (χ3v) is 6.28. The van der Waals surface area contributed by atoms with E-state index in [1.54, 1.807) is 31.2 Å². The number of benzene rings is 1. The van der Waals surface area contributed by atoms with Gasteiger partial charge in [0, 0.05) is 18.6 Å².